The fraction of sp³-hybridized carbons (Fsp3) is 0.375. The van der Waals surface area contributed by atoms with Crippen LogP contribution in [0.4, 0.5) is 4.39 Å². The zero-order chi connectivity index (χ0) is 14.3. The quantitative estimate of drug-likeness (QED) is 0.902. The molecule has 0 spiro atoms. The fourth-order valence-electron chi connectivity index (χ4n) is 2.47. The summed E-state index contributed by atoms with van der Waals surface area (Å²) in [6, 6.07) is 7.85. The summed E-state index contributed by atoms with van der Waals surface area (Å²) in [6.45, 7) is 2.18. The number of hydrogen-bond donors (Lipinski definition) is 1. The summed E-state index contributed by atoms with van der Waals surface area (Å²) < 4.78 is 18.9. The third-order valence-electron chi connectivity index (χ3n) is 3.87. The lowest BCUT2D eigenvalue weighted by Gasteiger charge is -2.09. The third kappa shape index (κ3) is 2.74. The van der Waals surface area contributed by atoms with Gasteiger partial charge in [-0.3, -0.25) is 0 Å². The normalized spacial score (nSPS) is 22.8. The molecule has 20 heavy (non-hydrogen) atoms. The van der Waals surface area contributed by atoms with Crippen LogP contribution in [-0.2, 0) is 6.42 Å². The molecule has 4 heteroatoms. The van der Waals surface area contributed by atoms with Crippen molar-refractivity contribution in [2.24, 2.45) is 5.92 Å². The van der Waals surface area contributed by atoms with Gasteiger partial charge in [-0.05, 0) is 48.2 Å². The van der Waals surface area contributed by atoms with Gasteiger partial charge in [0.15, 0.2) is 0 Å². The molecule has 1 aliphatic rings. The molecule has 1 fully saturated rings. The molecule has 0 aliphatic heterocycles. The summed E-state index contributed by atoms with van der Waals surface area (Å²) in [5.41, 5.74) is 0.580. The van der Waals surface area contributed by atoms with Crippen molar-refractivity contribution in [2.75, 3.05) is 0 Å². The summed E-state index contributed by atoms with van der Waals surface area (Å²) in [5.74, 6) is 2.22. The van der Waals surface area contributed by atoms with Crippen molar-refractivity contribution in [3.8, 4) is 0 Å². The lowest BCUT2D eigenvalue weighted by Crippen LogP contribution is -2.01. The van der Waals surface area contributed by atoms with E-state index in [1.807, 2.05) is 6.07 Å². The molecule has 1 aromatic heterocycles. The second kappa shape index (κ2) is 5.23. The van der Waals surface area contributed by atoms with Crippen LogP contribution in [0, 0.1) is 11.7 Å². The Bertz CT molecular complexity index is 623. The molecule has 1 aromatic carbocycles. The highest BCUT2D eigenvalue weighted by Gasteiger charge is 2.36. The molecule has 0 amide bonds. The first-order valence-electron chi connectivity index (χ1n) is 6.76. The molecule has 0 bridgehead atoms. The summed E-state index contributed by atoms with van der Waals surface area (Å²) in [4.78, 5) is 0. The molecule has 1 aliphatic carbocycles. The van der Waals surface area contributed by atoms with Crippen molar-refractivity contribution in [1.29, 1.82) is 0 Å². The molecule has 0 radical (unpaired) electrons. The summed E-state index contributed by atoms with van der Waals surface area (Å²) in [6.07, 6.45) is 0.569. The fourth-order valence-corrected chi connectivity index (χ4v) is 2.67. The Morgan fingerprint density at radius 2 is 2.15 bits per heavy atom. The Balaban J connectivity index is 1.74. The summed E-state index contributed by atoms with van der Waals surface area (Å²) in [5, 5.41) is 10.6. The molecule has 2 aromatic rings. The minimum absolute atomic E-state index is 0.240. The van der Waals surface area contributed by atoms with E-state index in [1.165, 1.54) is 18.2 Å². The maximum atomic E-state index is 13.2. The van der Waals surface area contributed by atoms with Crippen LogP contribution in [-0.4, -0.2) is 5.11 Å². The van der Waals surface area contributed by atoms with Crippen LogP contribution >= 0.6 is 11.6 Å². The average Bonchev–Trinajstić information content (AvgIpc) is 2.95. The lowest BCUT2D eigenvalue weighted by molar-refractivity contribution is 0.148. The van der Waals surface area contributed by atoms with Crippen LogP contribution in [0.5, 0.6) is 0 Å². The maximum Gasteiger partial charge on any atom is 0.133 e. The molecule has 2 nitrogen and oxygen atoms in total. The zero-order valence-corrected chi connectivity index (χ0v) is 11.9. The van der Waals surface area contributed by atoms with Gasteiger partial charge in [0, 0.05) is 17.4 Å². The molecule has 3 unspecified atom stereocenters. The molecular formula is C16H16ClFO2. The highest BCUT2D eigenvalue weighted by molar-refractivity contribution is 6.31. The molecule has 106 valence electrons. The highest BCUT2D eigenvalue weighted by atomic mass is 35.5. The first-order valence-corrected chi connectivity index (χ1v) is 7.14. The number of furan rings is 1. The van der Waals surface area contributed by atoms with Crippen molar-refractivity contribution < 1.29 is 13.9 Å². The molecule has 3 atom stereocenters. The Kier molecular flexibility index (Phi) is 3.57. The largest absolute Gasteiger partial charge is 0.463 e. The second-order valence-corrected chi connectivity index (χ2v) is 5.92. The van der Waals surface area contributed by atoms with E-state index in [-0.39, 0.29) is 12.2 Å². The van der Waals surface area contributed by atoms with E-state index >= 15 is 0 Å². The maximum absolute atomic E-state index is 13.2. The summed E-state index contributed by atoms with van der Waals surface area (Å²) in [7, 11) is 0. The van der Waals surface area contributed by atoms with Gasteiger partial charge < -0.3 is 9.52 Å². The Morgan fingerprint density at radius 1 is 1.40 bits per heavy atom. The SMILES string of the molecule is CC1CC1c1ccc(C(O)Cc2cc(F)ccc2Cl)o1. The van der Waals surface area contributed by atoms with Crippen molar-refractivity contribution in [3.05, 3.63) is 58.3 Å². The molecule has 1 saturated carbocycles. The van der Waals surface area contributed by atoms with E-state index < -0.39 is 6.10 Å². The number of aliphatic hydroxyl groups excluding tert-OH is 1. The van der Waals surface area contributed by atoms with Gasteiger partial charge in [-0.15, -0.1) is 0 Å². The number of halogens is 2. The van der Waals surface area contributed by atoms with Crippen LogP contribution in [0.1, 0.15) is 42.5 Å². The van der Waals surface area contributed by atoms with Crippen molar-refractivity contribution in [2.45, 2.75) is 31.8 Å². The molecule has 0 saturated heterocycles. The van der Waals surface area contributed by atoms with Crippen LogP contribution in [0.3, 0.4) is 0 Å². The topological polar surface area (TPSA) is 33.4 Å². The van der Waals surface area contributed by atoms with Crippen LogP contribution < -0.4 is 0 Å². The predicted molar refractivity (Wildman–Crippen MR) is 75.3 cm³/mol. The van der Waals surface area contributed by atoms with E-state index in [1.54, 1.807) is 6.07 Å². The van der Waals surface area contributed by atoms with Gasteiger partial charge in [0.25, 0.3) is 0 Å². The zero-order valence-electron chi connectivity index (χ0n) is 11.1. The Morgan fingerprint density at radius 3 is 2.85 bits per heavy atom. The van der Waals surface area contributed by atoms with Crippen molar-refractivity contribution in [1.82, 2.24) is 0 Å². The van der Waals surface area contributed by atoms with Gasteiger partial charge in [0.1, 0.15) is 23.4 Å². The standard InChI is InChI=1S/C16H16ClFO2/c1-9-6-12(9)15-4-5-16(20-15)14(19)8-10-7-11(18)2-3-13(10)17/h2-5,7,9,12,14,19H,6,8H2,1H3. The minimum atomic E-state index is -0.808. The van der Waals surface area contributed by atoms with Gasteiger partial charge in [0.2, 0.25) is 0 Å². The predicted octanol–water partition coefficient (Wildman–Crippen LogP) is 4.47. The van der Waals surface area contributed by atoms with E-state index in [2.05, 4.69) is 6.92 Å². The second-order valence-electron chi connectivity index (χ2n) is 5.52. The smallest absolute Gasteiger partial charge is 0.133 e. The van der Waals surface area contributed by atoms with Crippen LogP contribution in [0.15, 0.2) is 34.7 Å². The van der Waals surface area contributed by atoms with E-state index in [0.717, 1.165) is 12.2 Å². The van der Waals surface area contributed by atoms with Crippen LogP contribution in [0.2, 0.25) is 5.02 Å². The number of benzene rings is 1. The Hall–Kier alpha value is -1.32. The van der Waals surface area contributed by atoms with Gasteiger partial charge in [-0.2, -0.15) is 0 Å². The summed E-state index contributed by atoms with van der Waals surface area (Å²) >= 11 is 6.00. The van der Waals surface area contributed by atoms with E-state index in [9.17, 15) is 9.50 Å². The molecular weight excluding hydrogens is 279 g/mol. The highest BCUT2D eigenvalue weighted by Crippen LogP contribution is 2.47. The van der Waals surface area contributed by atoms with Gasteiger partial charge >= 0.3 is 0 Å². The lowest BCUT2D eigenvalue weighted by atomic mass is 10.1. The van der Waals surface area contributed by atoms with Crippen LogP contribution in [0.25, 0.3) is 0 Å². The molecule has 1 N–H and O–H groups in total. The first kappa shape index (κ1) is 13.7. The van der Waals surface area contributed by atoms with E-state index in [4.69, 9.17) is 16.0 Å². The monoisotopic (exact) mass is 294 g/mol. The first-order chi connectivity index (χ1) is 9.54. The Labute approximate surface area is 122 Å². The average molecular weight is 295 g/mol. The number of rotatable bonds is 4. The minimum Gasteiger partial charge on any atom is -0.463 e. The third-order valence-corrected chi connectivity index (χ3v) is 4.24. The van der Waals surface area contributed by atoms with Gasteiger partial charge in [-0.25, -0.2) is 4.39 Å². The molecule has 1 heterocycles. The van der Waals surface area contributed by atoms with Gasteiger partial charge in [-0.1, -0.05) is 18.5 Å². The van der Waals surface area contributed by atoms with Gasteiger partial charge in [0.05, 0.1) is 0 Å². The molecule has 3 rings (SSSR count). The number of aliphatic hydroxyl groups is 1. The number of hydrogen-bond acceptors (Lipinski definition) is 2. The van der Waals surface area contributed by atoms with Crippen molar-refractivity contribution >= 4 is 11.6 Å². The van der Waals surface area contributed by atoms with E-state index in [0.29, 0.717) is 28.2 Å². The van der Waals surface area contributed by atoms with Crippen molar-refractivity contribution in [3.63, 3.8) is 0 Å².